The lowest BCUT2D eigenvalue weighted by Crippen LogP contribution is -1.94. The summed E-state index contributed by atoms with van der Waals surface area (Å²) in [5.74, 6) is 0.738. The highest BCUT2D eigenvalue weighted by molar-refractivity contribution is 6.32. The molecule has 0 fully saturated rings. The molecular weight excluding hydrogens is 184 g/mol. The number of benzene rings is 1. The highest BCUT2D eigenvalue weighted by Crippen LogP contribution is 2.22. The predicted octanol–water partition coefficient (Wildman–Crippen LogP) is 3.69. The molecule has 2 heteroatoms. The molecule has 1 aromatic rings. The van der Waals surface area contributed by atoms with Crippen molar-refractivity contribution in [1.29, 1.82) is 0 Å². The molecule has 1 rings (SSSR count). The lowest BCUT2D eigenvalue weighted by Gasteiger charge is -2.04. The quantitative estimate of drug-likeness (QED) is 0.671. The van der Waals surface area contributed by atoms with Crippen molar-refractivity contribution in [3.8, 4) is 5.75 Å². The second-order valence-corrected chi connectivity index (χ2v) is 3.43. The van der Waals surface area contributed by atoms with Crippen LogP contribution in [0.2, 0.25) is 5.02 Å². The molecular formula is C11H13ClO. The molecule has 0 radical (unpaired) electrons. The maximum atomic E-state index is 5.89. The van der Waals surface area contributed by atoms with Crippen LogP contribution >= 0.6 is 11.6 Å². The molecule has 0 aliphatic heterocycles. The van der Waals surface area contributed by atoms with E-state index in [2.05, 4.69) is 0 Å². The van der Waals surface area contributed by atoms with Crippen LogP contribution in [0, 0.1) is 0 Å². The van der Waals surface area contributed by atoms with Crippen molar-refractivity contribution in [3.63, 3.8) is 0 Å². The van der Waals surface area contributed by atoms with Gasteiger partial charge in [0, 0.05) is 0 Å². The first-order valence-corrected chi connectivity index (χ1v) is 4.58. The third-order valence-corrected chi connectivity index (χ3v) is 1.88. The van der Waals surface area contributed by atoms with Gasteiger partial charge in [-0.2, -0.15) is 0 Å². The Morgan fingerprint density at radius 2 is 2.08 bits per heavy atom. The summed E-state index contributed by atoms with van der Waals surface area (Å²) >= 11 is 5.89. The van der Waals surface area contributed by atoms with Gasteiger partial charge in [0.05, 0.1) is 5.02 Å². The van der Waals surface area contributed by atoms with Crippen LogP contribution in [-0.2, 0) is 0 Å². The Hall–Kier alpha value is -0.950. The van der Waals surface area contributed by atoms with Crippen LogP contribution in [0.3, 0.4) is 0 Å². The highest BCUT2D eigenvalue weighted by atomic mass is 35.5. The van der Waals surface area contributed by atoms with Crippen LogP contribution in [0.4, 0.5) is 0 Å². The SMILES string of the molecule is CC(C)=CCOc1ccccc1Cl. The zero-order valence-corrected chi connectivity index (χ0v) is 8.64. The Balaban J connectivity index is 2.55. The molecule has 70 valence electrons. The smallest absolute Gasteiger partial charge is 0.138 e. The van der Waals surface area contributed by atoms with Gasteiger partial charge in [-0.05, 0) is 32.1 Å². The van der Waals surface area contributed by atoms with Gasteiger partial charge in [0.25, 0.3) is 0 Å². The summed E-state index contributed by atoms with van der Waals surface area (Å²) in [4.78, 5) is 0. The van der Waals surface area contributed by atoms with E-state index in [1.807, 2.05) is 44.2 Å². The van der Waals surface area contributed by atoms with Crippen LogP contribution in [0.15, 0.2) is 35.9 Å². The Kier molecular flexibility index (Phi) is 3.84. The Labute approximate surface area is 84.0 Å². The van der Waals surface area contributed by atoms with Gasteiger partial charge in [-0.25, -0.2) is 0 Å². The molecule has 13 heavy (non-hydrogen) atoms. The minimum absolute atomic E-state index is 0.575. The molecule has 0 atom stereocenters. The topological polar surface area (TPSA) is 9.23 Å². The molecule has 0 amide bonds. The Morgan fingerprint density at radius 3 is 2.69 bits per heavy atom. The van der Waals surface area contributed by atoms with Gasteiger partial charge >= 0.3 is 0 Å². The molecule has 0 aromatic heterocycles. The minimum Gasteiger partial charge on any atom is -0.488 e. The van der Waals surface area contributed by atoms with E-state index in [0.717, 1.165) is 5.75 Å². The van der Waals surface area contributed by atoms with Crippen LogP contribution in [0.25, 0.3) is 0 Å². The summed E-state index contributed by atoms with van der Waals surface area (Å²) in [6.45, 7) is 4.65. The fraction of sp³-hybridized carbons (Fsp3) is 0.273. The van der Waals surface area contributed by atoms with Gasteiger partial charge < -0.3 is 4.74 Å². The standard InChI is InChI=1S/C11H13ClO/c1-9(2)7-8-13-11-6-4-3-5-10(11)12/h3-7H,8H2,1-2H3. The summed E-state index contributed by atoms with van der Waals surface area (Å²) < 4.78 is 5.44. The predicted molar refractivity (Wildman–Crippen MR) is 56.4 cm³/mol. The Morgan fingerprint density at radius 1 is 1.38 bits per heavy atom. The largest absolute Gasteiger partial charge is 0.488 e. The molecule has 0 N–H and O–H groups in total. The van der Waals surface area contributed by atoms with E-state index in [4.69, 9.17) is 16.3 Å². The molecule has 1 aromatic carbocycles. The number of para-hydroxylation sites is 1. The number of hydrogen-bond acceptors (Lipinski definition) is 1. The molecule has 0 spiro atoms. The molecule has 1 nitrogen and oxygen atoms in total. The lowest BCUT2D eigenvalue weighted by molar-refractivity contribution is 0.362. The first kappa shape index (κ1) is 10.1. The van der Waals surface area contributed by atoms with E-state index < -0.39 is 0 Å². The van der Waals surface area contributed by atoms with E-state index in [-0.39, 0.29) is 0 Å². The summed E-state index contributed by atoms with van der Waals surface area (Å²) in [7, 11) is 0. The van der Waals surface area contributed by atoms with Gasteiger partial charge in [0.1, 0.15) is 12.4 Å². The van der Waals surface area contributed by atoms with Crippen LogP contribution in [0.5, 0.6) is 5.75 Å². The van der Waals surface area contributed by atoms with E-state index in [1.54, 1.807) is 0 Å². The molecule has 0 unspecified atom stereocenters. The number of ether oxygens (including phenoxy) is 1. The third-order valence-electron chi connectivity index (χ3n) is 1.57. The zero-order valence-electron chi connectivity index (χ0n) is 7.88. The van der Waals surface area contributed by atoms with E-state index >= 15 is 0 Å². The van der Waals surface area contributed by atoms with Crippen molar-refractivity contribution < 1.29 is 4.74 Å². The summed E-state index contributed by atoms with van der Waals surface area (Å²) in [5, 5.41) is 0.657. The fourth-order valence-corrected chi connectivity index (χ4v) is 1.05. The third kappa shape index (κ3) is 3.51. The second-order valence-electron chi connectivity index (χ2n) is 3.02. The van der Waals surface area contributed by atoms with Gasteiger partial charge in [-0.15, -0.1) is 0 Å². The van der Waals surface area contributed by atoms with Crippen molar-refractivity contribution in [3.05, 3.63) is 40.9 Å². The lowest BCUT2D eigenvalue weighted by atomic mass is 10.3. The summed E-state index contributed by atoms with van der Waals surface area (Å²) in [6, 6.07) is 7.47. The van der Waals surface area contributed by atoms with Crippen LogP contribution in [0.1, 0.15) is 13.8 Å². The average molecular weight is 197 g/mol. The molecule has 0 heterocycles. The van der Waals surface area contributed by atoms with E-state index in [0.29, 0.717) is 11.6 Å². The molecule has 0 saturated heterocycles. The zero-order chi connectivity index (χ0) is 9.68. The fourth-order valence-electron chi connectivity index (χ4n) is 0.860. The van der Waals surface area contributed by atoms with E-state index in [9.17, 15) is 0 Å². The Bertz CT molecular complexity index is 301. The van der Waals surface area contributed by atoms with Gasteiger partial charge in [-0.3, -0.25) is 0 Å². The maximum absolute atomic E-state index is 5.89. The van der Waals surface area contributed by atoms with Crippen molar-refractivity contribution in [2.75, 3.05) is 6.61 Å². The van der Waals surface area contributed by atoms with Crippen LogP contribution in [-0.4, -0.2) is 6.61 Å². The van der Waals surface area contributed by atoms with Gasteiger partial charge in [0.2, 0.25) is 0 Å². The normalized spacial score (nSPS) is 9.46. The van der Waals surface area contributed by atoms with Crippen molar-refractivity contribution in [2.45, 2.75) is 13.8 Å². The van der Waals surface area contributed by atoms with Crippen molar-refractivity contribution in [1.82, 2.24) is 0 Å². The van der Waals surface area contributed by atoms with Gasteiger partial charge in [-0.1, -0.05) is 29.3 Å². The summed E-state index contributed by atoms with van der Waals surface area (Å²) in [6.07, 6.45) is 2.02. The molecule has 0 aliphatic carbocycles. The first-order valence-electron chi connectivity index (χ1n) is 4.21. The number of allylic oxidation sites excluding steroid dienone is 1. The van der Waals surface area contributed by atoms with Gasteiger partial charge in [0.15, 0.2) is 0 Å². The summed E-state index contributed by atoms with van der Waals surface area (Å²) in [5.41, 5.74) is 1.24. The number of rotatable bonds is 3. The number of halogens is 1. The van der Waals surface area contributed by atoms with Crippen molar-refractivity contribution in [2.24, 2.45) is 0 Å². The van der Waals surface area contributed by atoms with Crippen molar-refractivity contribution >= 4 is 11.6 Å². The molecule has 0 saturated carbocycles. The average Bonchev–Trinajstić information content (AvgIpc) is 2.08. The van der Waals surface area contributed by atoms with Crippen LogP contribution < -0.4 is 4.74 Å². The van der Waals surface area contributed by atoms with E-state index in [1.165, 1.54) is 5.57 Å². The second kappa shape index (κ2) is 4.93. The monoisotopic (exact) mass is 196 g/mol. The first-order chi connectivity index (χ1) is 6.20. The maximum Gasteiger partial charge on any atom is 0.138 e. The highest BCUT2D eigenvalue weighted by Gasteiger charge is 1.96. The minimum atomic E-state index is 0.575. The molecule has 0 bridgehead atoms. The molecule has 0 aliphatic rings. The number of hydrogen-bond donors (Lipinski definition) is 0.